The molecule has 1 amide bonds. The molecule has 5 heteroatoms. The second-order valence-corrected chi connectivity index (χ2v) is 5.25. The third kappa shape index (κ3) is 5.63. The van der Waals surface area contributed by atoms with Crippen molar-refractivity contribution < 1.29 is 14.3 Å². The van der Waals surface area contributed by atoms with Crippen molar-refractivity contribution in [3.8, 4) is 11.5 Å². The van der Waals surface area contributed by atoms with Gasteiger partial charge in [-0.25, -0.2) is 0 Å². The van der Waals surface area contributed by atoms with Gasteiger partial charge in [0.2, 0.25) is 5.91 Å². The summed E-state index contributed by atoms with van der Waals surface area (Å²) in [5.41, 5.74) is 6.49. The van der Waals surface area contributed by atoms with Gasteiger partial charge in [0, 0.05) is 6.07 Å². The minimum Gasteiger partial charge on any atom is -0.494 e. The predicted molar refractivity (Wildman–Crippen MR) is 84.8 cm³/mol. The van der Waals surface area contributed by atoms with Gasteiger partial charge in [0.05, 0.1) is 24.9 Å². The SMILES string of the molecule is CCOc1ccc(OCC)c(NC(=O)C(N)CC(C)C)c1. The number of anilines is 1. The van der Waals surface area contributed by atoms with Gasteiger partial charge in [-0.05, 0) is 38.3 Å². The Morgan fingerprint density at radius 1 is 1.24 bits per heavy atom. The van der Waals surface area contributed by atoms with Crippen molar-refractivity contribution in [1.29, 1.82) is 0 Å². The molecule has 1 aromatic rings. The van der Waals surface area contributed by atoms with Crippen LogP contribution < -0.4 is 20.5 Å². The van der Waals surface area contributed by atoms with Crippen molar-refractivity contribution >= 4 is 11.6 Å². The van der Waals surface area contributed by atoms with E-state index in [0.717, 1.165) is 0 Å². The van der Waals surface area contributed by atoms with Crippen LogP contribution in [-0.4, -0.2) is 25.2 Å². The molecule has 0 heterocycles. The van der Waals surface area contributed by atoms with E-state index in [1.54, 1.807) is 12.1 Å². The summed E-state index contributed by atoms with van der Waals surface area (Å²) in [6.07, 6.45) is 0.640. The van der Waals surface area contributed by atoms with Crippen LogP contribution in [0.15, 0.2) is 18.2 Å². The minimum atomic E-state index is -0.532. The molecule has 1 unspecified atom stereocenters. The van der Waals surface area contributed by atoms with E-state index in [1.807, 2.05) is 33.8 Å². The van der Waals surface area contributed by atoms with Gasteiger partial charge in [0.1, 0.15) is 11.5 Å². The van der Waals surface area contributed by atoms with Crippen molar-refractivity contribution in [2.75, 3.05) is 18.5 Å². The Morgan fingerprint density at radius 2 is 1.90 bits per heavy atom. The first-order chi connectivity index (χ1) is 9.97. The largest absolute Gasteiger partial charge is 0.494 e. The summed E-state index contributed by atoms with van der Waals surface area (Å²) in [6.45, 7) is 8.96. The number of hydrogen-bond acceptors (Lipinski definition) is 4. The molecule has 1 rings (SSSR count). The first kappa shape index (κ1) is 17.3. The summed E-state index contributed by atoms with van der Waals surface area (Å²) in [4.78, 5) is 12.1. The minimum absolute atomic E-state index is 0.210. The summed E-state index contributed by atoms with van der Waals surface area (Å²) >= 11 is 0. The monoisotopic (exact) mass is 294 g/mol. The van der Waals surface area contributed by atoms with Crippen LogP contribution in [0.5, 0.6) is 11.5 Å². The van der Waals surface area contributed by atoms with Crippen LogP contribution >= 0.6 is 0 Å². The maximum absolute atomic E-state index is 12.1. The lowest BCUT2D eigenvalue weighted by atomic mass is 10.0. The lowest BCUT2D eigenvalue weighted by Crippen LogP contribution is -2.36. The second-order valence-electron chi connectivity index (χ2n) is 5.25. The van der Waals surface area contributed by atoms with Gasteiger partial charge in [-0.15, -0.1) is 0 Å². The van der Waals surface area contributed by atoms with Crippen LogP contribution in [0, 0.1) is 5.92 Å². The van der Waals surface area contributed by atoms with Gasteiger partial charge < -0.3 is 20.5 Å². The predicted octanol–water partition coefficient (Wildman–Crippen LogP) is 2.80. The molecule has 0 bridgehead atoms. The average Bonchev–Trinajstić information content (AvgIpc) is 2.41. The number of nitrogens with two attached hydrogens (primary N) is 1. The molecule has 1 aromatic carbocycles. The standard InChI is InChI=1S/C16H26N2O3/c1-5-20-12-7-8-15(21-6-2)14(10-12)18-16(19)13(17)9-11(3)4/h7-8,10-11,13H,5-6,9,17H2,1-4H3,(H,18,19). The van der Waals surface area contributed by atoms with E-state index in [4.69, 9.17) is 15.2 Å². The van der Waals surface area contributed by atoms with E-state index < -0.39 is 6.04 Å². The van der Waals surface area contributed by atoms with Crippen LogP contribution in [-0.2, 0) is 4.79 Å². The highest BCUT2D eigenvalue weighted by atomic mass is 16.5. The van der Waals surface area contributed by atoms with E-state index in [1.165, 1.54) is 0 Å². The number of ether oxygens (including phenoxy) is 2. The zero-order valence-corrected chi connectivity index (χ0v) is 13.3. The molecule has 21 heavy (non-hydrogen) atoms. The quantitative estimate of drug-likeness (QED) is 0.773. The molecule has 0 fully saturated rings. The van der Waals surface area contributed by atoms with E-state index in [-0.39, 0.29) is 5.91 Å². The Bertz CT molecular complexity index is 461. The summed E-state index contributed by atoms with van der Waals surface area (Å²) in [5.74, 6) is 1.46. The molecule has 0 aliphatic carbocycles. The Kier molecular flexibility index (Phi) is 7.02. The normalized spacial score (nSPS) is 12.1. The fraction of sp³-hybridized carbons (Fsp3) is 0.562. The molecular weight excluding hydrogens is 268 g/mol. The van der Waals surface area contributed by atoms with Crippen LogP contribution in [0.4, 0.5) is 5.69 Å². The summed E-state index contributed by atoms with van der Waals surface area (Å²) < 4.78 is 11.0. The average molecular weight is 294 g/mol. The maximum Gasteiger partial charge on any atom is 0.241 e. The number of carbonyl (C=O) groups excluding carboxylic acids is 1. The van der Waals surface area contributed by atoms with Gasteiger partial charge in [0.25, 0.3) is 0 Å². The third-order valence-corrected chi connectivity index (χ3v) is 2.88. The number of benzene rings is 1. The van der Waals surface area contributed by atoms with Crippen molar-refractivity contribution in [3.05, 3.63) is 18.2 Å². The van der Waals surface area contributed by atoms with Crippen LogP contribution in [0.25, 0.3) is 0 Å². The molecule has 0 aliphatic heterocycles. The molecule has 118 valence electrons. The second kappa shape index (κ2) is 8.52. The topological polar surface area (TPSA) is 73.6 Å². The highest BCUT2D eigenvalue weighted by molar-refractivity contribution is 5.96. The van der Waals surface area contributed by atoms with Crippen LogP contribution in [0.3, 0.4) is 0 Å². The molecule has 0 saturated heterocycles. The maximum atomic E-state index is 12.1. The highest BCUT2D eigenvalue weighted by Crippen LogP contribution is 2.29. The van der Waals surface area contributed by atoms with Crippen LogP contribution in [0.1, 0.15) is 34.1 Å². The molecule has 0 spiro atoms. The Hall–Kier alpha value is -1.75. The van der Waals surface area contributed by atoms with Crippen LogP contribution in [0.2, 0.25) is 0 Å². The van der Waals surface area contributed by atoms with Crippen molar-refractivity contribution in [3.63, 3.8) is 0 Å². The molecule has 0 saturated carbocycles. The lowest BCUT2D eigenvalue weighted by Gasteiger charge is -2.17. The molecule has 3 N–H and O–H groups in total. The summed E-state index contributed by atoms with van der Waals surface area (Å²) in [7, 11) is 0. The Labute approximate surface area is 126 Å². The molecule has 1 atom stereocenters. The first-order valence-electron chi connectivity index (χ1n) is 7.44. The molecule has 0 aromatic heterocycles. The number of hydrogen-bond donors (Lipinski definition) is 2. The molecule has 5 nitrogen and oxygen atoms in total. The summed E-state index contributed by atoms with van der Waals surface area (Å²) in [6, 6.07) is 4.83. The van der Waals surface area contributed by atoms with Crippen molar-refractivity contribution in [2.24, 2.45) is 11.7 Å². The molecule has 0 aliphatic rings. The van der Waals surface area contributed by atoms with Crippen molar-refractivity contribution in [2.45, 2.75) is 40.2 Å². The number of rotatable bonds is 8. The van der Waals surface area contributed by atoms with E-state index in [0.29, 0.717) is 42.7 Å². The Balaban J connectivity index is 2.87. The number of amides is 1. The zero-order valence-electron chi connectivity index (χ0n) is 13.3. The summed E-state index contributed by atoms with van der Waals surface area (Å²) in [5, 5.41) is 2.83. The highest BCUT2D eigenvalue weighted by Gasteiger charge is 2.17. The first-order valence-corrected chi connectivity index (χ1v) is 7.44. The number of nitrogens with one attached hydrogen (secondary N) is 1. The third-order valence-electron chi connectivity index (χ3n) is 2.88. The smallest absolute Gasteiger partial charge is 0.241 e. The fourth-order valence-electron chi connectivity index (χ4n) is 1.98. The van der Waals surface area contributed by atoms with Gasteiger partial charge in [-0.2, -0.15) is 0 Å². The van der Waals surface area contributed by atoms with E-state index in [2.05, 4.69) is 5.32 Å². The Morgan fingerprint density at radius 3 is 2.48 bits per heavy atom. The van der Waals surface area contributed by atoms with Gasteiger partial charge in [0.15, 0.2) is 0 Å². The fourth-order valence-corrected chi connectivity index (χ4v) is 1.98. The zero-order chi connectivity index (χ0) is 15.8. The van der Waals surface area contributed by atoms with Gasteiger partial charge in [-0.3, -0.25) is 4.79 Å². The van der Waals surface area contributed by atoms with E-state index in [9.17, 15) is 4.79 Å². The number of carbonyl (C=O) groups is 1. The van der Waals surface area contributed by atoms with E-state index >= 15 is 0 Å². The van der Waals surface area contributed by atoms with Gasteiger partial charge in [-0.1, -0.05) is 13.8 Å². The van der Waals surface area contributed by atoms with Gasteiger partial charge >= 0.3 is 0 Å². The lowest BCUT2D eigenvalue weighted by molar-refractivity contribution is -0.117. The molecule has 0 radical (unpaired) electrons. The van der Waals surface area contributed by atoms with Crippen molar-refractivity contribution in [1.82, 2.24) is 0 Å². The molecular formula is C16H26N2O3.